The molecule has 0 unspecified atom stereocenters. The van der Waals surface area contributed by atoms with Crippen LogP contribution in [0.5, 0.6) is 0 Å². The number of hydroxylamine groups is 1. The Bertz CT molecular complexity index is 827. The second-order valence-corrected chi connectivity index (χ2v) is 5.51. The summed E-state index contributed by atoms with van der Waals surface area (Å²) in [6.07, 6.45) is 0. The Labute approximate surface area is 137 Å². The highest BCUT2D eigenvalue weighted by atomic mass is 16.6. The highest BCUT2D eigenvalue weighted by Gasteiger charge is 2.53. The molecule has 1 amide bonds. The van der Waals surface area contributed by atoms with Gasteiger partial charge in [0.15, 0.2) is 0 Å². The lowest BCUT2D eigenvalue weighted by Gasteiger charge is -2.25. The molecule has 0 bridgehead atoms. The van der Waals surface area contributed by atoms with Gasteiger partial charge in [-0.15, -0.1) is 5.17 Å². The van der Waals surface area contributed by atoms with E-state index in [2.05, 4.69) is 0 Å². The summed E-state index contributed by atoms with van der Waals surface area (Å²) < 4.78 is 0. The van der Waals surface area contributed by atoms with Crippen molar-refractivity contribution in [3.8, 4) is 0 Å². The normalized spacial score (nSPS) is 15.3. The van der Waals surface area contributed by atoms with Crippen molar-refractivity contribution in [1.82, 2.24) is 10.6 Å². The largest absolute Gasteiger partial charge is 0.361 e. The van der Waals surface area contributed by atoms with Crippen molar-refractivity contribution < 1.29 is 24.7 Å². The minimum Gasteiger partial charge on any atom is -0.361 e. The molecule has 0 saturated carbocycles. The van der Waals surface area contributed by atoms with Crippen molar-refractivity contribution >= 4 is 17.5 Å². The average Bonchev–Trinajstić information content (AvgIpc) is 2.76. The molecule has 0 aromatic heterocycles. The number of hydrazine groups is 1. The van der Waals surface area contributed by atoms with Gasteiger partial charge < -0.3 is 5.11 Å². The molecule has 1 aliphatic carbocycles. The van der Waals surface area contributed by atoms with E-state index in [1.165, 1.54) is 24.3 Å². The standard InChI is InChI=1S/C17H14N2O5/c1-10-5-4-6-11(9-10)16(22)19(24)18-17(23)14(20)12-7-2-3-8-13(12)15(17)21/h2-9,18,23-24H,1H3. The molecule has 2 aromatic rings. The van der Waals surface area contributed by atoms with Crippen LogP contribution in [0.25, 0.3) is 0 Å². The van der Waals surface area contributed by atoms with E-state index in [0.717, 1.165) is 5.56 Å². The van der Waals surface area contributed by atoms with Crippen LogP contribution in [-0.4, -0.2) is 38.7 Å². The van der Waals surface area contributed by atoms with Gasteiger partial charge in [-0.05, 0) is 19.1 Å². The van der Waals surface area contributed by atoms with Crippen LogP contribution in [-0.2, 0) is 0 Å². The van der Waals surface area contributed by atoms with E-state index in [4.69, 9.17) is 0 Å². The predicted octanol–water partition coefficient (Wildman–Crippen LogP) is 1.10. The number of aliphatic hydroxyl groups is 1. The van der Waals surface area contributed by atoms with Crippen LogP contribution >= 0.6 is 0 Å². The quantitative estimate of drug-likeness (QED) is 0.337. The lowest BCUT2D eigenvalue weighted by molar-refractivity contribution is -0.141. The molecular formula is C17H14N2O5. The number of hydrogen-bond acceptors (Lipinski definition) is 6. The van der Waals surface area contributed by atoms with E-state index in [0.29, 0.717) is 0 Å². The number of carbonyl (C=O) groups is 3. The summed E-state index contributed by atoms with van der Waals surface area (Å²) in [5, 5.41) is 20.3. The van der Waals surface area contributed by atoms with Crippen molar-refractivity contribution in [3.05, 3.63) is 70.8 Å². The number of ketones is 2. The second kappa shape index (κ2) is 5.64. The molecule has 122 valence electrons. The number of Topliss-reactive ketones (excluding diaryl/α,β-unsaturated/α-hetero) is 2. The topological polar surface area (TPSA) is 107 Å². The van der Waals surface area contributed by atoms with Crippen LogP contribution in [0.2, 0.25) is 0 Å². The van der Waals surface area contributed by atoms with Gasteiger partial charge in [-0.3, -0.25) is 19.6 Å². The van der Waals surface area contributed by atoms with Gasteiger partial charge in [0.1, 0.15) is 0 Å². The van der Waals surface area contributed by atoms with Crippen molar-refractivity contribution in [2.45, 2.75) is 12.6 Å². The molecule has 7 heteroatoms. The zero-order chi connectivity index (χ0) is 17.5. The van der Waals surface area contributed by atoms with Crippen LogP contribution in [0.4, 0.5) is 0 Å². The van der Waals surface area contributed by atoms with Crippen LogP contribution < -0.4 is 5.43 Å². The summed E-state index contributed by atoms with van der Waals surface area (Å²) in [7, 11) is 0. The number of aryl methyl sites for hydroxylation is 1. The van der Waals surface area contributed by atoms with Crippen LogP contribution in [0, 0.1) is 6.92 Å². The van der Waals surface area contributed by atoms with Gasteiger partial charge in [0.25, 0.3) is 11.6 Å². The van der Waals surface area contributed by atoms with Crippen LogP contribution in [0.1, 0.15) is 36.6 Å². The second-order valence-electron chi connectivity index (χ2n) is 5.51. The smallest absolute Gasteiger partial charge is 0.292 e. The third-order valence-electron chi connectivity index (χ3n) is 3.80. The Morgan fingerprint density at radius 2 is 1.62 bits per heavy atom. The Balaban J connectivity index is 1.87. The zero-order valence-electron chi connectivity index (χ0n) is 12.7. The first-order valence-corrected chi connectivity index (χ1v) is 7.13. The monoisotopic (exact) mass is 326 g/mol. The Kier molecular flexibility index (Phi) is 3.76. The van der Waals surface area contributed by atoms with Crippen LogP contribution in [0.3, 0.4) is 0 Å². The first-order chi connectivity index (χ1) is 11.3. The number of carbonyl (C=O) groups excluding carboxylic acids is 3. The molecule has 0 spiro atoms. The van der Waals surface area contributed by atoms with E-state index in [1.807, 2.05) is 5.43 Å². The molecule has 0 atom stereocenters. The lowest BCUT2D eigenvalue weighted by Crippen LogP contribution is -2.61. The molecule has 2 aromatic carbocycles. The molecule has 0 saturated heterocycles. The molecule has 1 aliphatic rings. The maximum absolute atomic E-state index is 12.3. The predicted molar refractivity (Wildman–Crippen MR) is 82.3 cm³/mol. The minimum atomic E-state index is -2.72. The summed E-state index contributed by atoms with van der Waals surface area (Å²) in [5.74, 6) is -2.78. The summed E-state index contributed by atoms with van der Waals surface area (Å²) in [4.78, 5) is 36.8. The summed E-state index contributed by atoms with van der Waals surface area (Å²) >= 11 is 0. The van der Waals surface area contributed by atoms with E-state index >= 15 is 0 Å². The van der Waals surface area contributed by atoms with Gasteiger partial charge in [0.2, 0.25) is 11.6 Å². The number of amides is 1. The Hall–Kier alpha value is -2.87. The van der Waals surface area contributed by atoms with Gasteiger partial charge in [-0.1, -0.05) is 42.0 Å². The number of rotatable bonds is 3. The maximum atomic E-state index is 12.3. The highest BCUT2D eigenvalue weighted by Crippen LogP contribution is 2.28. The van der Waals surface area contributed by atoms with E-state index in [-0.39, 0.29) is 21.9 Å². The first kappa shape index (κ1) is 16.0. The maximum Gasteiger partial charge on any atom is 0.292 e. The number of nitrogens with one attached hydrogen (secondary N) is 1. The average molecular weight is 326 g/mol. The summed E-state index contributed by atoms with van der Waals surface area (Å²) in [6, 6.07) is 12.2. The number of fused-ring (bicyclic) bond motifs is 1. The fraction of sp³-hybridized carbons (Fsp3) is 0.118. The SMILES string of the molecule is Cc1cccc(C(=O)N(O)NC2(O)C(=O)c3ccccc3C2=O)c1. The van der Waals surface area contributed by atoms with Gasteiger partial charge >= 0.3 is 0 Å². The van der Waals surface area contributed by atoms with Gasteiger partial charge in [0, 0.05) is 16.7 Å². The highest BCUT2D eigenvalue weighted by molar-refractivity contribution is 6.31. The van der Waals surface area contributed by atoms with Crippen molar-refractivity contribution in [3.63, 3.8) is 0 Å². The molecule has 3 rings (SSSR count). The minimum absolute atomic E-state index is 0.0221. The molecule has 7 nitrogen and oxygen atoms in total. The number of hydrogen-bond donors (Lipinski definition) is 3. The van der Waals surface area contributed by atoms with Gasteiger partial charge in [0.05, 0.1) is 0 Å². The molecule has 0 aliphatic heterocycles. The molecule has 0 heterocycles. The van der Waals surface area contributed by atoms with Crippen molar-refractivity contribution in [1.29, 1.82) is 0 Å². The molecular weight excluding hydrogens is 312 g/mol. The third kappa shape index (κ3) is 2.41. The molecule has 24 heavy (non-hydrogen) atoms. The van der Waals surface area contributed by atoms with Crippen molar-refractivity contribution in [2.75, 3.05) is 0 Å². The van der Waals surface area contributed by atoms with Crippen LogP contribution in [0.15, 0.2) is 48.5 Å². The van der Waals surface area contributed by atoms with E-state index < -0.39 is 23.2 Å². The fourth-order valence-corrected chi connectivity index (χ4v) is 2.58. The number of nitrogens with zero attached hydrogens (tertiary/aromatic N) is 1. The number of benzene rings is 2. The molecule has 0 fully saturated rings. The Morgan fingerprint density at radius 3 is 2.17 bits per heavy atom. The first-order valence-electron chi connectivity index (χ1n) is 7.13. The van der Waals surface area contributed by atoms with Crippen molar-refractivity contribution in [2.24, 2.45) is 0 Å². The summed E-state index contributed by atoms with van der Waals surface area (Å²) in [5.41, 5.74) is 0.149. The molecule has 0 radical (unpaired) electrons. The summed E-state index contributed by atoms with van der Waals surface area (Å²) in [6.45, 7) is 1.76. The zero-order valence-corrected chi connectivity index (χ0v) is 12.7. The van der Waals surface area contributed by atoms with Gasteiger partial charge in [-0.2, -0.15) is 5.43 Å². The lowest BCUT2D eigenvalue weighted by atomic mass is 10.1. The van der Waals surface area contributed by atoms with E-state index in [9.17, 15) is 24.7 Å². The fourth-order valence-electron chi connectivity index (χ4n) is 2.58. The molecule has 3 N–H and O–H groups in total. The van der Waals surface area contributed by atoms with Gasteiger partial charge in [-0.25, -0.2) is 0 Å². The van der Waals surface area contributed by atoms with E-state index in [1.54, 1.807) is 31.2 Å². The Morgan fingerprint density at radius 1 is 1.04 bits per heavy atom. The third-order valence-corrected chi connectivity index (χ3v) is 3.80.